The van der Waals surface area contributed by atoms with Crippen LogP contribution in [0.1, 0.15) is 46.1 Å². The lowest BCUT2D eigenvalue weighted by atomic mass is 9.79. The van der Waals surface area contributed by atoms with Crippen LogP contribution >= 0.6 is 15.9 Å². The van der Waals surface area contributed by atoms with Crippen molar-refractivity contribution in [3.63, 3.8) is 0 Å². The smallest absolute Gasteiger partial charge is 0.124 e. The quantitative estimate of drug-likeness (QED) is 0.685. The van der Waals surface area contributed by atoms with E-state index in [2.05, 4.69) is 48.9 Å². The lowest BCUT2D eigenvalue weighted by Crippen LogP contribution is -2.35. The van der Waals surface area contributed by atoms with Crippen LogP contribution in [0.4, 0.5) is 4.39 Å². The van der Waals surface area contributed by atoms with Crippen LogP contribution in [0.15, 0.2) is 22.7 Å². The van der Waals surface area contributed by atoms with Crippen molar-refractivity contribution in [3.05, 3.63) is 34.1 Å². The Balaban J connectivity index is 2.73. The zero-order valence-corrected chi connectivity index (χ0v) is 14.7. The standard InChI is InChI=1S/C17H27BrFN/c1-5-6-17(4,12-20-11-13(2)3)10-14-7-15(18)9-16(19)8-14/h7-9,13,20H,5-6,10-12H2,1-4H3. The van der Waals surface area contributed by atoms with Gasteiger partial charge in [-0.2, -0.15) is 0 Å². The summed E-state index contributed by atoms with van der Waals surface area (Å²) in [5.41, 5.74) is 1.25. The van der Waals surface area contributed by atoms with Gasteiger partial charge in [0.2, 0.25) is 0 Å². The van der Waals surface area contributed by atoms with E-state index in [0.717, 1.165) is 42.4 Å². The molecule has 3 heteroatoms. The molecule has 0 saturated carbocycles. The molecule has 1 nitrogen and oxygen atoms in total. The molecule has 0 fully saturated rings. The summed E-state index contributed by atoms with van der Waals surface area (Å²) in [6.45, 7) is 11.0. The fraction of sp³-hybridized carbons (Fsp3) is 0.647. The van der Waals surface area contributed by atoms with Gasteiger partial charge >= 0.3 is 0 Å². The molecule has 1 aromatic carbocycles. The van der Waals surface area contributed by atoms with Gasteiger partial charge in [-0.1, -0.05) is 50.0 Å². The molecule has 0 heterocycles. The summed E-state index contributed by atoms with van der Waals surface area (Å²) in [5, 5.41) is 3.55. The molecule has 0 bridgehead atoms. The summed E-state index contributed by atoms with van der Waals surface area (Å²) in [5.74, 6) is 0.493. The van der Waals surface area contributed by atoms with E-state index in [9.17, 15) is 4.39 Å². The largest absolute Gasteiger partial charge is 0.316 e. The first-order valence-electron chi connectivity index (χ1n) is 7.50. The Morgan fingerprint density at radius 2 is 2.00 bits per heavy atom. The van der Waals surface area contributed by atoms with Gasteiger partial charge in [-0.15, -0.1) is 0 Å². The van der Waals surface area contributed by atoms with Crippen LogP contribution in [0.2, 0.25) is 0 Å². The molecule has 0 aliphatic rings. The molecule has 0 aromatic heterocycles. The molecule has 0 radical (unpaired) electrons. The van der Waals surface area contributed by atoms with E-state index in [1.54, 1.807) is 6.07 Å². The summed E-state index contributed by atoms with van der Waals surface area (Å²) >= 11 is 3.38. The molecule has 0 amide bonds. The molecule has 0 spiro atoms. The van der Waals surface area contributed by atoms with Crippen molar-refractivity contribution in [1.29, 1.82) is 0 Å². The maximum absolute atomic E-state index is 13.5. The Hall–Kier alpha value is -0.410. The molecule has 1 aromatic rings. The zero-order valence-electron chi connectivity index (χ0n) is 13.1. The van der Waals surface area contributed by atoms with Gasteiger partial charge in [0.05, 0.1) is 0 Å². The van der Waals surface area contributed by atoms with Gasteiger partial charge in [-0.05, 0) is 54.5 Å². The summed E-state index contributed by atoms with van der Waals surface area (Å²) in [4.78, 5) is 0. The highest BCUT2D eigenvalue weighted by molar-refractivity contribution is 9.10. The van der Waals surface area contributed by atoms with Crippen molar-refractivity contribution >= 4 is 15.9 Å². The third-order valence-corrected chi connectivity index (χ3v) is 3.97. The SMILES string of the molecule is CCCC(C)(CNCC(C)C)Cc1cc(F)cc(Br)c1. The van der Waals surface area contributed by atoms with Crippen molar-refractivity contribution in [2.75, 3.05) is 13.1 Å². The van der Waals surface area contributed by atoms with Gasteiger partial charge < -0.3 is 5.32 Å². The van der Waals surface area contributed by atoms with E-state index in [4.69, 9.17) is 0 Å². The van der Waals surface area contributed by atoms with E-state index >= 15 is 0 Å². The second-order valence-corrected chi connectivity index (χ2v) is 7.46. The highest BCUT2D eigenvalue weighted by Crippen LogP contribution is 2.29. The van der Waals surface area contributed by atoms with Crippen LogP contribution in [0.3, 0.4) is 0 Å². The van der Waals surface area contributed by atoms with Gasteiger partial charge in [-0.3, -0.25) is 0 Å². The van der Waals surface area contributed by atoms with Gasteiger partial charge in [0.25, 0.3) is 0 Å². The number of hydrogen-bond donors (Lipinski definition) is 1. The fourth-order valence-electron chi connectivity index (χ4n) is 2.71. The highest BCUT2D eigenvalue weighted by Gasteiger charge is 2.24. The minimum Gasteiger partial charge on any atom is -0.316 e. The predicted molar refractivity (Wildman–Crippen MR) is 88.5 cm³/mol. The molecule has 0 aliphatic carbocycles. The molecule has 114 valence electrons. The van der Waals surface area contributed by atoms with Gasteiger partial charge in [-0.25, -0.2) is 4.39 Å². The third kappa shape index (κ3) is 6.36. The first-order chi connectivity index (χ1) is 9.34. The minimum absolute atomic E-state index is 0.164. The zero-order chi connectivity index (χ0) is 15.2. The van der Waals surface area contributed by atoms with Crippen LogP contribution in [0.25, 0.3) is 0 Å². The van der Waals surface area contributed by atoms with E-state index in [0.29, 0.717) is 5.92 Å². The second-order valence-electron chi connectivity index (χ2n) is 6.54. The number of hydrogen-bond acceptors (Lipinski definition) is 1. The average molecular weight is 344 g/mol. The molecule has 1 rings (SSSR count). The Morgan fingerprint density at radius 1 is 1.30 bits per heavy atom. The Bertz CT molecular complexity index is 399. The Morgan fingerprint density at radius 3 is 2.55 bits per heavy atom. The number of nitrogens with one attached hydrogen (secondary N) is 1. The summed E-state index contributed by atoms with van der Waals surface area (Å²) in [7, 11) is 0. The maximum Gasteiger partial charge on any atom is 0.124 e. The molecule has 1 unspecified atom stereocenters. The lowest BCUT2D eigenvalue weighted by molar-refractivity contribution is 0.270. The van der Waals surface area contributed by atoms with E-state index in [1.807, 2.05) is 6.07 Å². The fourth-order valence-corrected chi connectivity index (χ4v) is 3.22. The summed E-state index contributed by atoms with van der Waals surface area (Å²) in [6.07, 6.45) is 3.20. The molecule has 20 heavy (non-hydrogen) atoms. The van der Waals surface area contributed by atoms with Crippen molar-refractivity contribution < 1.29 is 4.39 Å². The van der Waals surface area contributed by atoms with Gasteiger partial charge in [0, 0.05) is 11.0 Å². The lowest BCUT2D eigenvalue weighted by Gasteiger charge is -2.30. The van der Waals surface area contributed by atoms with Crippen molar-refractivity contribution in [1.82, 2.24) is 5.32 Å². The number of benzene rings is 1. The molecular weight excluding hydrogens is 317 g/mol. The van der Waals surface area contributed by atoms with Crippen molar-refractivity contribution in [2.45, 2.75) is 47.0 Å². The minimum atomic E-state index is -0.164. The molecule has 1 N–H and O–H groups in total. The number of halogens is 2. The highest BCUT2D eigenvalue weighted by atomic mass is 79.9. The normalized spacial score (nSPS) is 14.6. The van der Waals surface area contributed by atoms with Crippen molar-refractivity contribution in [2.24, 2.45) is 11.3 Å². The van der Waals surface area contributed by atoms with Crippen molar-refractivity contribution in [3.8, 4) is 0 Å². The van der Waals surface area contributed by atoms with E-state index in [1.165, 1.54) is 6.07 Å². The average Bonchev–Trinajstić information content (AvgIpc) is 2.26. The monoisotopic (exact) mass is 343 g/mol. The van der Waals surface area contributed by atoms with Crippen LogP contribution in [0.5, 0.6) is 0 Å². The van der Waals surface area contributed by atoms with Crippen LogP contribution in [0, 0.1) is 17.2 Å². The Kier molecular flexibility index (Phi) is 7.18. The second kappa shape index (κ2) is 8.14. The molecule has 0 aliphatic heterocycles. The van der Waals surface area contributed by atoms with Gasteiger partial charge in [0.1, 0.15) is 5.82 Å². The molecular formula is C17H27BrFN. The topological polar surface area (TPSA) is 12.0 Å². The number of rotatable bonds is 8. The van der Waals surface area contributed by atoms with Crippen LogP contribution in [-0.4, -0.2) is 13.1 Å². The molecule has 1 atom stereocenters. The predicted octanol–water partition coefficient (Wildman–Crippen LogP) is 5.18. The summed E-state index contributed by atoms with van der Waals surface area (Å²) < 4.78 is 14.3. The molecule has 0 saturated heterocycles. The third-order valence-electron chi connectivity index (χ3n) is 3.51. The van der Waals surface area contributed by atoms with Crippen LogP contribution in [-0.2, 0) is 6.42 Å². The first kappa shape index (κ1) is 17.6. The first-order valence-corrected chi connectivity index (χ1v) is 8.29. The summed E-state index contributed by atoms with van der Waals surface area (Å²) in [6, 6.07) is 5.19. The van der Waals surface area contributed by atoms with E-state index < -0.39 is 0 Å². The van der Waals surface area contributed by atoms with Gasteiger partial charge in [0.15, 0.2) is 0 Å². The van der Waals surface area contributed by atoms with Crippen LogP contribution < -0.4 is 5.32 Å². The maximum atomic E-state index is 13.5. The van der Waals surface area contributed by atoms with E-state index in [-0.39, 0.29) is 11.2 Å². The Labute approximate surface area is 131 Å².